The summed E-state index contributed by atoms with van der Waals surface area (Å²) in [6.45, 7) is 0. The molecule has 0 bridgehead atoms. The molecule has 6 heteroatoms. The van der Waals surface area contributed by atoms with Gasteiger partial charge in [-0.3, -0.25) is 0 Å². The first-order chi connectivity index (χ1) is 4.90. The van der Waals surface area contributed by atoms with Gasteiger partial charge in [-0.15, -0.1) is 0 Å². The van der Waals surface area contributed by atoms with Gasteiger partial charge in [0.1, 0.15) is 0 Å². The Balaban J connectivity index is 2.35. The zero-order valence-corrected chi connectivity index (χ0v) is 7.08. The first kappa shape index (κ1) is 9.19. The van der Waals surface area contributed by atoms with Crippen LogP contribution in [0.3, 0.4) is 0 Å². The van der Waals surface area contributed by atoms with E-state index in [0.717, 1.165) is 0 Å². The highest BCUT2D eigenvalue weighted by atomic mass is 35.7. The van der Waals surface area contributed by atoms with Crippen LogP contribution in [0.1, 0.15) is 6.42 Å². The summed E-state index contributed by atoms with van der Waals surface area (Å²) in [4.78, 5) is 0. The van der Waals surface area contributed by atoms with E-state index < -0.39 is 27.3 Å². The fraction of sp³-hybridized carbons (Fsp3) is 1.00. The molecular weight excluding hydrogens is 198 g/mol. The number of rotatable bonds is 3. The third-order valence-corrected chi connectivity index (χ3v) is 2.92. The van der Waals surface area contributed by atoms with Gasteiger partial charge in [0.2, 0.25) is 15.5 Å². The molecular formula is C5H7ClF2O2S. The Morgan fingerprint density at radius 2 is 2.09 bits per heavy atom. The summed E-state index contributed by atoms with van der Waals surface area (Å²) in [6, 6.07) is 0. The number of hydrogen-bond acceptors (Lipinski definition) is 2. The van der Waals surface area contributed by atoms with Crippen molar-refractivity contribution in [2.75, 3.05) is 5.75 Å². The van der Waals surface area contributed by atoms with Gasteiger partial charge in [-0.1, -0.05) is 0 Å². The molecule has 1 saturated carbocycles. The Bertz CT molecular complexity index is 239. The van der Waals surface area contributed by atoms with Crippen molar-refractivity contribution in [3.8, 4) is 0 Å². The van der Waals surface area contributed by atoms with Crippen LogP contribution in [0.15, 0.2) is 0 Å². The SMILES string of the molecule is O=S(=O)(Cl)C[C@H]1C[C@H]1C(F)F. The lowest BCUT2D eigenvalue weighted by atomic mass is 10.4. The van der Waals surface area contributed by atoms with Crippen molar-refractivity contribution in [1.82, 2.24) is 0 Å². The Hall–Kier alpha value is 0.1000. The molecule has 0 amide bonds. The maximum Gasteiger partial charge on any atom is 0.241 e. The molecule has 11 heavy (non-hydrogen) atoms. The first-order valence-corrected chi connectivity index (χ1v) is 5.58. The molecule has 66 valence electrons. The Labute approximate surface area is 68.0 Å². The zero-order valence-electron chi connectivity index (χ0n) is 5.50. The van der Waals surface area contributed by atoms with Gasteiger partial charge in [0.05, 0.1) is 5.75 Å². The Morgan fingerprint density at radius 3 is 2.36 bits per heavy atom. The lowest BCUT2D eigenvalue weighted by molar-refractivity contribution is 0.117. The highest BCUT2D eigenvalue weighted by Gasteiger charge is 2.45. The predicted octanol–water partition coefficient (Wildman–Crippen LogP) is 1.46. The van der Waals surface area contributed by atoms with Crippen molar-refractivity contribution >= 4 is 19.7 Å². The van der Waals surface area contributed by atoms with E-state index in [0.29, 0.717) is 0 Å². The topological polar surface area (TPSA) is 34.1 Å². The fourth-order valence-electron chi connectivity index (χ4n) is 1.03. The molecule has 0 aromatic carbocycles. The molecule has 2 nitrogen and oxygen atoms in total. The van der Waals surface area contributed by atoms with Crippen LogP contribution in [0, 0.1) is 11.8 Å². The summed E-state index contributed by atoms with van der Waals surface area (Å²) in [6.07, 6.45) is -2.12. The van der Waals surface area contributed by atoms with E-state index >= 15 is 0 Å². The molecule has 1 fully saturated rings. The van der Waals surface area contributed by atoms with Crippen LogP contribution in [0.25, 0.3) is 0 Å². The summed E-state index contributed by atoms with van der Waals surface area (Å²) in [7, 11) is 1.28. The minimum atomic E-state index is -3.59. The van der Waals surface area contributed by atoms with Gasteiger partial charge in [0, 0.05) is 16.6 Å². The van der Waals surface area contributed by atoms with Crippen LogP contribution >= 0.6 is 10.7 Å². The average Bonchev–Trinajstić information content (AvgIpc) is 2.40. The number of halogens is 3. The predicted molar refractivity (Wildman–Crippen MR) is 37.2 cm³/mol. The van der Waals surface area contributed by atoms with E-state index in [9.17, 15) is 17.2 Å². The van der Waals surface area contributed by atoms with Crippen molar-refractivity contribution < 1.29 is 17.2 Å². The van der Waals surface area contributed by atoms with E-state index in [4.69, 9.17) is 10.7 Å². The van der Waals surface area contributed by atoms with Gasteiger partial charge in [-0.25, -0.2) is 17.2 Å². The highest BCUT2D eigenvalue weighted by Crippen LogP contribution is 2.44. The summed E-state index contributed by atoms with van der Waals surface area (Å²) < 4.78 is 44.4. The number of hydrogen-bond donors (Lipinski definition) is 0. The van der Waals surface area contributed by atoms with Gasteiger partial charge in [-0.2, -0.15) is 0 Å². The van der Waals surface area contributed by atoms with Crippen molar-refractivity contribution in [3.05, 3.63) is 0 Å². The first-order valence-electron chi connectivity index (χ1n) is 3.10. The van der Waals surface area contributed by atoms with E-state index in [1.165, 1.54) is 0 Å². The Morgan fingerprint density at radius 1 is 1.55 bits per heavy atom. The van der Waals surface area contributed by atoms with Crippen LogP contribution in [-0.2, 0) is 9.05 Å². The van der Waals surface area contributed by atoms with Crippen molar-refractivity contribution in [3.63, 3.8) is 0 Å². The molecule has 0 aliphatic heterocycles. The molecule has 2 atom stereocenters. The smallest absolute Gasteiger partial charge is 0.212 e. The number of alkyl halides is 2. The van der Waals surface area contributed by atoms with Gasteiger partial charge in [0.15, 0.2) is 0 Å². The van der Waals surface area contributed by atoms with Crippen molar-refractivity contribution in [2.45, 2.75) is 12.8 Å². The largest absolute Gasteiger partial charge is 0.241 e. The zero-order chi connectivity index (χ0) is 8.65. The molecule has 0 heterocycles. The second-order valence-corrected chi connectivity index (χ2v) is 5.52. The van der Waals surface area contributed by atoms with E-state index in [1.54, 1.807) is 0 Å². The quantitative estimate of drug-likeness (QED) is 0.653. The third-order valence-electron chi connectivity index (χ3n) is 1.71. The molecule has 1 aliphatic carbocycles. The normalized spacial score (nSPS) is 30.9. The lowest BCUT2D eigenvalue weighted by Gasteiger charge is -1.94. The standard InChI is InChI=1S/C5H7ClF2O2S/c6-11(9,10)2-3-1-4(3)5(7)8/h3-5H,1-2H2/t3-,4-/m1/s1. The van der Waals surface area contributed by atoms with Crippen LogP contribution in [0.2, 0.25) is 0 Å². The van der Waals surface area contributed by atoms with Crippen LogP contribution in [-0.4, -0.2) is 20.6 Å². The fourth-order valence-corrected chi connectivity index (χ4v) is 2.41. The second kappa shape index (κ2) is 2.86. The molecule has 0 radical (unpaired) electrons. The van der Waals surface area contributed by atoms with E-state index in [2.05, 4.69) is 0 Å². The maximum atomic E-state index is 11.8. The Kier molecular flexibility index (Phi) is 2.39. The van der Waals surface area contributed by atoms with Crippen LogP contribution in [0.5, 0.6) is 0 Å². The minimum absolute atomic E-state index is 0.281. The van der Waals surface area contributed by atoms with Gasteiger partial charge < -0.3 is 0 Å². The molecule has 1 aliphatic rings. The molecule has 0 saturated heterocycles. The second-order valence-electron chi connectivity index (χ2n) is 2.70. The lowest BCUT2D eigenvalue weighted by Crippen LogP contribution is -2.04. The monoisotopic (exact) mass is 204 g/mol. The molecule has 0 N–H and O–H groups in total. The third kappa shape index (κ3) is 2.91. The van der Waals surface area contributed by atoms with Gasteiger partial charge in [-0.05, 0) is 12.3 Å². The van der Waals surface area contributed by atoms with Gasteiger partial charge in [0.25, 0.3) is 0 Å². The maximum absolute atomic E-state index is 11.8. The minimum Gasteiger partial charge on any atom is -0.212 e. The van der Waals surface area contributed by atoms with Crippen LogP contribution < -0.4 is 0 Å². The molecule has 1 rings (SSSR count). The summed E-state index contributed by atoms with van der Waals surface area (Å²) in [5.41, 5.74) is 0. The van der Waals surface area contributed by atoms with Crippen molar-refractivity contribution in [1.29, 1.82) is 0 Å². The summed E-state index contributed by atoms with van der Waals surface area (Å²) in [5.74, 6) is -1.48. The van der Waals surface area contributed by atoms with E-state index in [-0.39, 0.29) is 12.2 Å². The van der Waals surface area contributed by atoms with Crippen molar-refractivity contribution in [2.24, 2.45) is 11.8 Å². The van der Waals surface area contributed by atoms with Crippen LogP contribution in [0.4, 0.5) is 8.78 Å². The molecule has 0 aromatic heterocycles. The average molecular weight is 205 g/mol. The molecule has 0 spiro atoms. The summed E-state index contributed by atoms with van der Waals surface area (Å²) >= 11 is 0. The summed E-state index contributed by atoms with van der Waals surface area (Å²) in [5, 5.41) is 0. The van der Waals surface area contributed by atoms with E-state index in [1.807, 2.05) is 0 Å². The molecule has 0 unspecified atom stereocenters. The molecule has 0 aromatic rings. The highest BCUT2D eigenvalue weighted by molar-refractivity contribution is 8.13. The van der Waals surface area contributed by atoms with Gasteiger partial charge >= 0.3 is 0 Å².